The number of carboxylic acids is 1. The third kappa shape index (κ3) is 2.47. The second-order valence-corrected chi connectivity index (χ2v) is 6.52. The Morgan fingerprint density at radius 1 is 1.53 bits per heavy atom. The molecule has 1 saturated heterocycles. The highest BCUT2D eigenvalue weighted by Crippen LogP contribution is 2.38. The smallest absolute Gasteiger partial charge is 0.352 e. The van der Waals surface area contributed by atoms with Crippen molar-refractivity contribution in [3.05, 3.63) is 11.3 Å². The summed E-state index contributed by atoms with van der Waals surface area (Å²) in [6.45, 7) is 7.22. The standard InChI is InChI=1S/C12H16N2O4S/c1-6-5-19-10-7(13-18-12(2,3)4)9(15)14(10)8(6)11(16)17/h10H,5H2,1-4H3,(H,16,17)/b13-7-/t10-/m1/s1. The molecule has 0 aliphatic carbocycles. The van der Waals surface area contributed by atoms with Crippen molar-refractivity contribution in [2.45, 2.75) is 38.7 Å². The quantitative estimate of drug-likeness (QED) is 0.613. The number of nitrogens with zero attached hydrogens (tertiary/aromatic N) is 2. The molecular formula is C12H16N2O4S. The van der Waals surface area contributed by atoms with Crippen LogP contribution in [0.3, 0.4) is 0 Å². The highest BCUT2D eigenvalue weighted by molar-refractivity contribution is 8.01. The number of amides is 1. The number of carboxylic acid groups (broad SMARTS) is 1. The fourth-order valence-electron chi connectivity index (χ4n) is 1.80. The molecule has 7 heteroatoms. The van der Waals surface area contributed by atoms with Gasteiger partial charge in [-0.3, -0.25) is 9.69 Å². The van der Waals surface area contributed by atoms with E-state index in [-0.39, 0.29) is 16.8 Å². The number of aliphatic carboxylic acids is 1. The summed E-state index contributed by atoms with van der Waals surface area (Å²) in [4.78, 5) is 29.7. The number of carbonyl (C=O) groups excluding carboxylic acids is 1. The van der Waals surface area contributed by atoms with Crippen molar-refractivity contribution < 1.29 is 19.5 Å². The van der Waals surface area contributed by atoms with Gasteiger partial charge in [0.1, 0.15) is 16.7 Å². The van der Waals surface area contributed by atoms with Gasteiger partial charge in [-0.2, -0.15) is 0 Å². The van der Waals surface area contributed by atoms with E-state index in [2.05, 4.69) is 5.16 Å². The molecule has 0 aromatic heterocycles. The SMILES string of the molecule is CC1=C(C(=O)O)N2C(=O)/C(=N/OC(C)(C)C)[C@H]2SC1. The Hall–Kier alpha value is -1.50. The van der Waals surface area contributed by atoms with E-state index in [0.29, 0.717) is 11.3 Å². The molecule has 1 amide bonds. The van der Waals surface area contributed by atoms with E-state index in [1.165, 1.54) is 16.7 Å². The minimum Gasteiger partial charge on any atom is -0.477 e. The second-order valence-electron chi connectivity index (χ2n) is 5.45. The van der Waals surface area contributed by atoms with Crippen LogP contribution in [0.5, 0.6) is 0 Å². The van der Waals surface area contributed by atoms with Crippen molar-refractivity contribution in [3.8, 4) is 0 Å². The Balaban J connectivity index is 2.23. The predicted octanol–water partition coefficient (Wildman–Crippen LogP) is 1.43. The van der Waals surface area contributed by atoms with E-state index in [0.717, 1.165) is 0 Å². The molecular weight excluding hydrogens is 268 g/mol. The zero-order chi connectivity index (χ0) is 14.4. The van der Waals surface area contributed by atoms with Crippen molar-refractivity contribution in [2.75, 3.05) is 5.75 Å². The van der Waals surface area contributed by atoms with Crippen LogP contribution in [-0.2, 0) is 14.4 Å². The van der Waals surface area contributed by atoms with E-state index in [1.54, 1.807) is 6.92 Å². The largest absolute Gasteiger partial charge is 0.477 e. The van der Waals surface area contributed by atoms with Crippen LogP contribution in [0.1, 0.15) is 27.7 Å². The zero-order valence-electron chi connectivity index (χ0n) is 11.3. The molecule has 0 unspecified atom stereocenters. The molecule has 2 aliphatic rings. The number of carbonyl (C=O) groups is 2. The van der Waals surface area contributed by atoms with Gasteiger partial charge < -0.3 is 9.94 Å². The van der Waals surface area contributed by atoms with Crippen molar-refractivity contribution in [1.82, 2.24) is 4.90 Å². The average molecular weight is 284 g/mol. The first-order chi connectivity index (χ1) is 8.72. The topological polar surface area (TPSA) is 79.2 Å². The van der Waals surface area contributed by atoms with Gasteiger partial charge in [0.05, 0.1) is 0 Å². The normalized spacial score (nSPS) is 25.3. The van der Waals surface area contributed by atoms with E-state index in [1.807, 2.05) is 20.8 Å². The molecule has 104 valence electrons. The van der Waals surface area contributed by atoms with Crippen molar-refractivity contribution in [3.63, 3.8) is 0 Å². The molecule has 2 heterocycles. The summed E-state index contributed by atoms with van der Waals surface area (Å²) in [5.74, 6) is -0.893. The molecule has 1 atom stereocenters. The number of thioether (sulfide) groups is 1. The van der Waals surface area contributed by atoms with E-state index in [9.17, 15) is 9.59 Å². The first-order valence-corrected chi connectivity index (χ1v) is 6.91. The molecule has 0 radical (unpaired) electrons. The fraction of sp³-hybridized carbons (Fsp3) is 0.583. The maximum atomic E-state index is 12.0. The lowest BCUT2D eigenvalue weighted by Gasteiger charge is -2.43. The van der Waals surface area contributed by atoms with Gasteiger partial charge in [-0.25, -0.2) is 4.79 Å². The summed E-state index contributed by atoms with van der Waals surface area (Å²) in [7, 11) is 0. The van der Waals surface area contributed by atoms with Gasteiger partial charge >= 0.3 is 5.97 Å². The first kappa shape index (κ1) is 13.9. The van der Waals surface area contributed by atoms with Gasteiger partial charge in [0.2, 0.25) is 0 Å². The predicted molar refractivity (Wildman–Crippen MR) is 71.7 cm³/mol. The van der Waals surface area contributed by atoms with Crippen LogP contribution >= 0.6 is 11.8 Å². The number of hydrogen-bond acceptors (Lipinski definition) is 5. The molecule has 0 bridgehead atoms. The summed E-state index contributed by atoms with van der Waals surface area (Å²) in [5, 5.41) is 12.7. The highest BCUT2D eigenvalue weighted by atomic mass is 32.2. The zero-order valence-corrected chi connectivity index (χ0v) is 12.1. The van der Waals surface area contributed by atoms with Crippen LogP contribution in [-0.4, -0.2) is 44.3 Å². The van der Waals surface area contributed by atoms with Crippen LogP contribution in [0.15, 0.2) is 16.4 Å². The van der Waals surface area contributed by atoms with Gasteiger partial charge in [0, 0.05) is 5.75 Å². The molecule has 0 spiro atoms. The molecule has 0 saturated carbocycles. The van der Waals surface area contributed by atoms with Crippen molar-refractivity contribution in [2.24, 2.45) is 5.16 Å². The lowest BCUT2D eigenvalue weighted by Crippen LogP contribution is -2.62. The van der Waals surface area contributed by atoms with Crippen molar-refractivity contribution >= 4 is 29.4 Å². The monoisotopic (exact) mass is 284 g/mol. The highest BCUT2D eigenvalue weighted by Gasteiger charge is 2.51. The number of fused-ring (bicyclic) bond motifs is 1. The minimum atomic E-state index is -1.08. The molecule has 1 N–H and O–H groups in total. The first-order valence-electron chi connectivity index (χ1n) is 5.86. The van der Waals surface area contributed by atoms with E-state index in [4.69, 9.17) is 9.94 Å². The van der Waals surface area contributed by atoms with E-state index >= 15 is 0 Å². The maximum absolute atomic E-state index is 12.0. The van der Waals surface area contributed by atoms with Crippen LogP contribution in [0, 0.1) is 0 Å². The van der Waals surface area contributed by atoms with E-state index < -0.39 is 17.5 Å². The number of hydrogen-bond donors (Lipinski definition) is 1. The molecule has 6 nitrogen and oxygen atoms in total. The lowest BCUT2D eigenvalue weighted by atomic mass is 10.1. The summed E-state index contributed by atoms with van der Waals surface area (Å²) >= 11 is 1.48. The fourth-order valence-corrected chi connectivity index (χ4v) is 2.99. The minimum absolute atomic E-state index is 0.0726. The number of β-lactam (4-membered cyclic amide) rings is 1. The molecule has 19 heavy (non-hydrogen) atoms. The molecule has 0 aromatic carbocycles. The van der Waals surface area contributed by atoms with Crippen molar-refractivity contribution in [1.29, 1.82) is 0 Å². The molecule has 0 aromatic rings. The Labute approximate surface area is 115 Å². The Bertz CT molecular complexity index is 504. The summed E-state index contributed by atoms with van der Waals surface area (Å²) in [5.41, 5.74) is 0.571. The molecule has 2 rings (SSSR count). The van der Waals surface area contributed by atoms with Gasteiger partial charge in [0.15, 0.2) is 5.71 Å². The Morgan fingerprint density at radius 2 is 2.16 bits per heavy atom. The van der Waals surface area contributed by atoms with Gasteiger partial charge in [-0.15, -0.1) is 11.8 Å². The summed E-state index contributed by atoms with van der Waals surface area (Å²) in [6.07, 6.45) is 0. The van der Waals surface area contributed by atoms with Gasteiger partial charge in [-0.1, -0.05) is 5.16 Å². The Kier molecular flexibility index (Phi) is 3.34. The van der Waals surface area contributed by atoms with Crippen LogP contribution < -0.4 is 0 Å². The van der Waals surface area contributed by atoms with Gasteiger partial charge in [-0.05, 0) is 33.3 Å². The Morgan fingerprint density at radius 3 is 2.68 bits per heavy atom. The average Bonchev–Trinajstić information content (AvgIpc) is 2.27. The third-order valence-corrected chi connectivity index (χ3v) is 3.98. The summed E-state index contributed by atoms with van der Waals surface area (Å²) in [6, 6.07) is 0. The molecule has 1 fully saturated rings. The number of rotatable bonds is 2. The lowest BCUT2D eigenvalue weighted by molar-refractivity contribution is -0.139. The van der Waals surface area contributed by atoms with Crippen LogP contribution in [0.2, 0.25) is 0 Å². The van der Waals surface area contributed by atoms with Crippen LogP contribution in [0.25, 0.3) is 0 Å². The maximum Gasteiger partial charge on any atom is 0.352 e. The molecule has 2 aliphatic heterocycles. The second kappa shape index (κ2) is 4.56. The summed E-state index contributed by atoms with van der Waals surface area (Å²) < 4.78 is 0. The third-order valence-electron chi connectivity index (χ3n) is 2.63. The van der Waals surface area contributed by atoms with Crippen LogP contribution in [0.4, 0.5) is 0 Å². The number of oxime groups is 1. The van der Waals surface area contributed by atoms with Gasteiger partial charge in [0.25, 0.3) is 5.91 Å².